The van der Waals surface area contributed by atoms with Crippen LogP contribution in [-0.4, -0.2) is 16.7 Å². The van der Waals surface area contributed by atoms with Crippen molar-refractivity contribution in [1.82, 2.24) is 4.57 Å². The van der Waals surface area contributed by atoms with Crippen LogP contribution in [0.15, 0.2) is 71.7 Å². The number of carbonyl (C=O) groups excluding carboxylic acids is 1. The van der Waals surface area contributed by atoms with Gasteiger partial charge in [-0.1, -0.05) is 56.6 Å². The van der Waals surface area contributed by atoms with Gasteiger partial charge in [0.05, 0.1) is 5.56 Å². The molecular formula is C34H34ClN3OS. The molecule has 0 bridgehead atoms. The van der Waals surface area contributed by atoms with Gasteiger partial charge in [-0.3, -0.25) is 4.79 Å². The third-order valence-electron chi connectivity index (χ3n) is 8.24. The van der Waals surface area contributed by atoms with E-state index in [-0.39, 0.29) is 11.3 Å². The maximum Gasteiger partial charge on any atom is 0.259 e. The van der Waals surface area contributed by atoms with Gasteiger partial charge in [-0.05, 0) is 91.1 Å². The molecule has 0 unspecified atom stereocenters. The zero-order chi connectivity index (χ0) is 28.0. The first-order chi connectivity index (χ1) is 19.2. The van der Waals surface area contributed by atoms with Gasteiger partial charge in [-0.2, -0.15) is 0 Å². The molecule has 2 aromatic heterocycles. The molecule has 5 aromatic rings. The number of anilines is 1. The van der Waals surface area contributed by atoms with E-state index in [2.05, 4.69) is 80.0 Å². The molecule has 40 heavy (non-hydrogen) atoms. The van der Waals surface area contributed by atoms with Gasteiger partial charge < -0.3 is 9.88 Å². The summed E-state index contributed by atoms with van der Waals surface area (Å²) in [5.41, 5.74) is 6.32. The number of aryl methyl sites for hydroxylation is 1. The molecule has 1 atom stereocenters. The molecule has 0 saturated carbocycles. The molecule has 0 aliphatic heterocycles. The van der Waals surface area contributed by atoms with E-state index in [1.807, 2.05) is 18.3 Å². The molecule has 6 rings (SSSR count). The molecule has 204 valence electrons. The first kappa shape index (κ1) is 26.8. The average Bonchev–Trinajstić information content (AvgIpc) is 3.47. The number of rotatable bonds is 5. The van der Waals surface area contributed by atoms with Crippen LogP contribution in [0.1, 0.15) is 60.5 Å². The first-order valence-corrected chi connectivity index (χ1v) is 15.2. The van der Waals surface area contributed by atoms with E-state index < -0.39 is 0 Å². The number of nitrogens with one attached hydrogen (secondary N) is 1. The van der Waals surface area contributed by atoms with Crippen molar-refractivity contribution in [3.8, 4) is 0 Å². The Morgan fingerprint density at radius 2 is 1.82 bits per heavy atom. The van der Waals surface area contributed by atoms with Gasteiger partial charge in [0.2, 0.25) is 0 Å². The molecule has 2 heterocycles. The number of para-hydroxylation sites is 1. The van der Waals surface area contributed by atoms with Crippen LogP contribution in [0, 0.1) is 11.3 Å². The lowest BCUT2D eigenvalue weighted by Gasteiger charge is -2.33. The molecule has 6 heteroatoms. The number of carbonyl (C=O) groups is 1. The second kappa shape index (κ2) is 10.5. The van der Waals surface area contributed by atoms with Crippen LogP contribution in [0.3, 0.4) is 0 Å². The zero-order valence-electron chi connectivity index (χ0n) is 23.4. The van der Waals surface area contributed by atoms with Crippen LogP contribution in [0.4, 0.5) is 10.7 Å². The molecule has 0 fully saturated rings. The minimum Gasteiger partial charge on any atom is -0.341 e. The number of aromatic nitrogens is 1. The van der Waals surface area contributed by atoms with Gasteiger partial charge in [0.15, 0.2) is 0 Å². The third kappa shape index (κ3) is 4.97. The fraction of sp³-hybridized carbons (Fsp3) is 0.294. The fourth-order valence-corrected chi connectivity index (χ4v) is 7.38. The summed E-state index contributed by atoms with van der Waals surface area (Å²) in [6.45, 7) is 10.0. The Morgan fingerprint density at radius 1 is 1.07 bits per heavy atom. The van der Waals surface area contributed by atoms with Crippen molar-refractivity contribution in [3.05, 3.63) is 93.3 Å². The predicted octanol–water partition coefficient (Wildman–Crippen LogP) is 9.68. The van der Waals surface area contributed by atoms with Crippen LogP contribution < -0.4 is 5.32 Å². The zero-order valence-corrected chi connectivity index (χ0v) is 25.0. The minimum absolute atomic E-state index is 0.109. The number of hydrogen-bond acceptors (Lipinski definition) is 3. The Hall–Kier alpha value is -3.41. The van der Waals surface area contributed by atoms with E-state index >= 15 is 0 Å². The molecule has 3 aromatic carbocycles. The van der Waals surface area contributed by atoms with E-state index in [9.17, 15) is 4.79 Å². The SMILES string of the molecule is CCn1c2ccccc2c2cc(C=Nc3sc4c(c3C(=O)Nc3ccc(Cl)cc3)CC[C@H](C(C)(C)C)C4)ccc21. The highest BCUT2D eigenvalue weighted by Gasteiger charge is 2.33. The van der Waals surface area contributed by atoms with E-state index in [0.717, 1.165) is 47.6 Å². The number of thiophene rings is 1. The van der Waals surface area contributed by atoms with Crippen LogP contribution >= 0.6 is 22.9 Å². The fourth-order valence-electron chi connectivity index (χ4n) is 5.99. The molecule has 1 aliphatic carbocycles. The van der Waals surface area contributed by atoms with Gasteiger partial charge >= 0.3 is 0 Å². The smallest absolute Gasteiger partial charge is 0.259 e. The van der Waals surface area contributed by atoms with Crippen LogP contribution in [0.2, 0.25) is 5.02 Å². The van der Waals surface area contributed by atoms with Crippen LogP contribution in [0.25, 0.3) is 21.8 Å². The highest BCUT2D eigenvalue weighted by Crippen LogP contribution is 2.45. The van der Waals surface area contributed by atoms with Gasteiger partial charge in [0, 0.05) is 50.2 Å². The number of hydrogen-bond donors (Lipinski definition) is 1. The summed E-state index contributed by atoms with van der Waals surface area (Å²) in [4.78, 5) is 19.9. The van der Waals surface area contributed by atoms with Crippen molar-refractivity contribution in [2.24, 2.45) is 16.3 Å². The Morgan fingerprint density at radius 3 is 2.58 bits per heavy atom. The van der Waals surface area contributed by atoms with Crippen LogP contribution in [-0.2, 0) is 19.4 Å². The number of nitrogens with zero attached hydrogens (tertiary/aromatic N) is 2. The quantitative estimate of drug-likeness (QED) is 0.211. The summed E-state index contributed by atoms with van der Waals surface area (Å²) in [5, 5.41) is 6.98. The Kier molecular flexibility index (Phi) is 7.05. The normalized spacial score (nSPS) is 15.7. The maximum atomic E-state index is 13.7. The topological polar surface area (TPSA) is 46.4 Å². The summed E-state index contributed by atoms with van der Waals surface area (Å²) in [6.07, 6.45) is 4.88. The Balaban J connectivity index is 1.39. The second-order valence-electron chi connectivity index (χ2n) is 11.7. The second-order valence-corrected chi connectivity index (χ2v) is 13.3. The summed E-state index contributed by atoms with van der Waals surface area (Å²) < 4.78 is 2.35. The molecular weight excluding hydrogens is 534 g/mol. The van der Waals surface area contributed by atoms with Gasteiger partial charge in [-0.15, -0.1) is 11.3 Å². The van der Waals surface area contributed by atoms with Crippen molar-refractivity contribution in [3.63, 3.8) is 0 Å². The van der Waals surface area contributed by atoms with Crippen molar-refractivity contribution in [1.29, 1.82) is 0 Å². The van der Waals surface area contributed by atoms with E-state index in [1.54, 1.807) is 23.5 Å². The predicted molar refractivity (Wildman–Crippen MR) is 171 cm³/mol. The van der Waals surface area contributed by atoms with Gasteiger partial charge in [0.25, 0.3) is 5.91 Å². The monoisotopic (exact) mass is 567 g/mol. The molecule has 0 saturated heterocycles. The Bertz CT molecular complexity index is 1750. The number of aliphatic imine (C=N–C) groups is 1. The van der Waals surface area contributed by atoms with Crippen molar-refractivity contribution in [2.75, 3.05) is 5.32 Å². The largest absolute Gasteiger partial charge is 0.341 e. The first-order valence-electron chi connectivity index (χ1n) is 14.0. The number of amides is 1. The van der Waals surface area contributed by atoms with E-state index in [4.69, 9.17) is 16.6 Å². The van der Waals surface area contributed by atoms with E-state index in [1.165, 1.54) is 26.7 Å². The third-order valence-corrected chi connectivity index (χ3v) is 9.66. The van der Waals surface area contributed by atoms with Crippen molar-refractivity contribution >= 4 is 67.6 Å². The number of fused-ring (bicyclic) bond motifs is 4. The van der Waals surface area contributed by atoms with Gasteiger partial charge in [0.1, 0.15) is 5.00 Å². The highest BCUT2D eigenvalue weighted by molar-refractivity contribution is 7.16. The molecule has 1 amide bonds. The minimum atomic E-state index is -0.109. The summed E-state index contributed by atoms with van der Waals surface area (Å²) in [5.74, 6) is 0.476. The maximum absolute atomic E-state index is 13.7. The lowest BCUT2D eigenvalue weighted by Crippen LogP contribution is -2.27. The lowest BCUT2D eigenvalue weighted by atomic mass is 9.72. The van der Waals surface area contributed by atoms with Crippen LogP contribution in [0.5, 0.6) is 0 Å². The Labute approximate surface area is 244 Å². The van der Waals surface area contributed by atoms with E-state index in [0.29, 0.717) is 16.5 Å². The summed E-state index contributed by atoms with van der Waals surface area (Å²) >= 11 is 7.74. The summed E-state index contributed by atoms with van der Waals surface area (Å²) in [7, 11) is 0. The molecule has 0 radical (unpaired) electrons. The lowest BCUT2D eigenvalue weighted by molar-refractivity contribution is 0.102. The highest BCUT2D eigenvalue weighted by atomic mass is 35.5. The summed E-state index contributed by atoms with van der Waals surface area (Å²) in [6, 6.07) is 22.3. The number of halogens is 1. The standard InChI is InChI=1S/C34H34ClN3OS/c1-5-38-28-9-7-6-8-25(28)27-18-21(10-17-29(27)38)20-36-33-31(32(39)37-24-14-12-23(35)13-15-24)26-16-11-22(34(2,3)4)19-30(26)40-33/h6-10,12-15,17-18,20,22H,5,11,16,19H2,1-4H3,(H,37,39)/t22-/m0/s1. The molecule has 1 aliphatic rings. The van der Waals surface area contributed by atoms with Gasteiger partial charge in [-0.25, -0.2) is 4.99 Å². The average molecular weight is 568 g/mol. The van der Waals surface area contributed by atoms with Crippen molar-refractivity contribution < 1.29 is 4.79 Å². The number of benzene rings is 3. The molecule has 0 spiro atoms. The van der Waals surface area contributed by atoms with Crippen molar-refractivity contribution in [2.45, 2.75) is 53.5 Å². The molecule has 1 N–H and O–H groups in total. The molecule has 4 nitrogen and oxygen atoms in total.